The van der Waals surface area contributed by atoms with E-state index in [0.717, 1.165) is 33.7 Å². The Labute approximate surface area is 220 Å². The minimum absolute atomic E-state index is 0.112. The fourth-order valence-electron chi connectivity index (χ4n) is 5.78. The summed E-state index contributed by atoms with van der Waals surface area (Å²) in [4.78, 5) is 13.0. The molecule has 2 heterocycles. The number of hydrogen-bond donors (Lipinski definition) is 1. The van der Waals surface area contributed by atoms with Crippen molar-refractivity contribution in [2.75, 3.05) is 39.7 Å². The SMILES string of the molecule is COc1cc([C@@H]2c3cc4c(cc3C3=NN(c5ccc(C)cc5)C[C@H]3[C@@H]2C(=O)O)OCO4)cc(OC)c1OC. The first kappa shape index (κ1) is 24.0. The highest BCUT2D eigenvalue weighted by Gasteiger charge is 2.50. The molecule has 1 N–H and O–H groups in total. The lowest BCUT2D eigenvalue weighted by molar-refractivity contribution is -0.143. The molecule has 0 fully saturated rings. The van der Waals surface area contributed by atoms with Crippen LogP contribution < -0.4 is 28.7 Å². The first-order valence-corrected chi connectivity index (χ1v) is 12.3. The molecule has 3 aromatic rings. The van der Waals surface area contributed by atoms with Gasteiger partial charge in [-0.25, -0.2) is 0 Å². The lowest BCUT2D eigenvalue weighted by Gasteiger charge is -2.36. The predicted molar refractivity (Wildman–Crippen MR) is 140 cm³/mol. The molecule has 0 bridgehead atoms. The van der Waals surface area contributed by atoms with Gasteiger partial charge >= 0.3 is 5.97 Å². The molecule has 0 aromatic heterocycles. The van der Waals surface area contributed by atoms with Gasteiger partial charge in [0.2, 0.25) is 12.5 Å². The number of carboxylic acid groups (broad SMARTS) is 1. The first-order valence-electron chi connectivity index (χ1n) is 12.3. The Morgan fingerprint density at radius 1 is 0.974 bits per heavy atom. The number of nitrogens with zero attached hydrogens (tertiary/aromatic N) is 2. The number of hydrazone groups is 1. The van der Waals surface area contributed by atoms with Gasteiger partial charge in [-0.15, -0.1) is 0 Å². The Bertz CT molecular complexity index is 1430. The van der Waals surface area contributed by atoms with Gasteiger partial charge in [-0.2, -0.15) is 5.10 Å². The number of hydrogen-bond acceptors (Lipinski definition) is 8. The molecule has 1 aliphatic carbocycles. The molecule has 3 atom stereocenters. The number of benzene rings is 3. The predicted octanol–water partition coefficient (Wildman–Crippen LogP) is 4.44. The minimum atomic E-state index is -0.907. The third kappa shape index (κ3) is 3.69. The second kappa shape index (κ2) is 9.16. The lowest BCUT2D eigenvalue weighted by Crippen LogP contribution is -2.41. The standard InChI is InChI=1S/C29H28N2O7/c1-15-5-7-17(8-6-15)31-13-20-26(29(32)33)25(16-9-23(34-2)28(36-4)24(10-16)35-3)18-11-21-22(38-14-37-21)12-19(18)27(20)30-31/h5-12,20,25-26H,13-14H2,1-4H3,(H,32,33)/t20-,25+,26-/m0/s1. The van der Waals surface area contributed by atoms with Gasteiger partial charge in [-0.05, 0) is 54.4 Å². The number of carbonyl (C=O) groups is 1. The Hall–Kier alpha value is -4.40. The van der Waals surface area contributed by atoms with E-state index in [1.165, 1.54) is 7.11 Å². The number of fused-ring (bicyclic) bond motifs is 4. The van der Waals surface area contributed by atoms with E-state index in [0.29, 0.717) is 35.3 Å². The molecule has 0 unspecified atom stereocenters. The monoisotopic (exact) mass is 516 g/mol. The van der Waals surface area contributed by atoms with Crippen LogP contribution in [-0.2, 0) is 4.79 Å². The van der Waals surface area contributed by atoms with Crippen LogP contribution in [0.25, 0.3) is 0 Å². The average molecular weight is 517 g/mol. The Morgan fingerprint density at radius 3 is 2.24 bits per heavy atom. The summed E-state index contributed by atoms with van der Waals surface area (Å²) in [5.41, 5.74) is 5.17. The number of carboxylic acids is 1. The number of anilines is 1. The van der Waals surface area contributed by atoms with Crippen LogP contribution in [0.2, 0.25) is 0 Å². The molecular formula is C29H28N2O7. The van der Waals surface area contributed by atoms with Crippen LogP contribution in [0.3, 0.4) is 0 Å². The topological polar surface area (TPSA) is 99.1 Å². The molecular weight excluding hydrogens is 488 g/mol. The van der Waals surface area contributed by atoms with Crippen LogP contribution in [0.15, 0.2) is 53.6 Å². The van der Waals surface area contributed by atoms with Gasteiger partial charge in [0.25, 0.3) is 0 Å². The third-order valence-electron chi connectivity index (χ3n) is 7.56. The highest BCUT2D eigenvalue weighted by Crippen LogP contribution is 2.52. The van der Waals surface area contributed by atoms with Crippen molar-refractivity contribution in [3.8, 4) is 28.7 Å². The summed E-state index contributed by atoms with van der Waals surface area (Å²) in [7, 11) is 4.63. The van der Waals surface area contributed by atoms with Gasteiger partial charge < -0.3 is 28.8 Å². The Morgan fingerprint density at radius 2 is 1.63 bits per heavy atom. The number of aryl methyl sites for hydroxylation is 1. The fourth-order valence-corrected chi connectivity index (χ4v) is 5.78. The Balaban J connectivity index is 1.56. The largest absolute Gasteiger partial charge is 0.493 e. The minimum Gasteiger partial charge on any atom is -0.493 e. The highest BCUT2D eigenvalue weighted by atomic mass is 16.7. The van der Waals surface area contributed by atoms with Gasteiger partial charge in [-0.3, -0.25) is 9.80 Å². The van der Waals surface area contributed by atoms with Crippen LogP contribution in [-0.4, -0.2) is 51.5 Å². The molecule has 0 saturated heterocycles. The summed E-state index contributed by atoms with van der Waals surface area (Å²) in [5.74, 6) is -0.0510. The van der Waals surface area contributed by atoms with Crippen LogP contribution in [0.1, 0.15) is 28.2 Å². The smallest absolute Gasteiger partial charge is 0.308 e. The third-order valence-corrected chi connectivity index (χ3v) is 7.56. The number of rotatable bonds is 6. The van der Waals surface area contributed by atoms with Crippen molar-refractivity contribution in [3.63, 3.8) is 0 Å². The summed E-state index contributed by atoms with van der Waals surface area (Å²) >= 11 is 0. The lowest BCUT2D eigenvalue weighted by atomic mass is 9.65. The van der Waals surface area contributed by atoms with Crippen molar-refractivity contribution in [1.82, 2.24) is 0 Å². The molecule has 3 aromatic carbocycles. The normalized spacial score (nSPS) is 20.9. The van der Waals surface area contributed by atoms with E-state index in [9.17, 15) is 9.90 Å². The zero-order valence-corrected chi connectivity index (χ0v) is 21.6. The van der Waals surface area contributed by atoms with Gasteiger partial charge in [0.15, 0.2) is 23.0 Å². The first-order chi connectivity index (χ1) is 18.4. The highest BCUT2D eigenvalue weighted by molar-refractivity contribution is 6.09. The van der Waals surface area contributed by atoms with Crippen LogP contribution in [0.5, 0.6) is 28.7 Å². The molecule has 0 amide bonds. The number of ether oxygens (including phenoxy) is 5. The van der Waals surface area contributed by atoms with E-state index in [-0.39, 0.29) is 12.7 Å². The summed E-state index contributed by atoms with van der Waals surface area (Å²) < 4.78 is 28.1. The number of methoxy groups -OCH3 is 3. The van der Waals surface area contributed by atoms with Gasteiger partial charge in [0, 0.05) is 17.4 Å². The van der Waals surface area contributed by atoms with E-state index in [1.54, 1.807) is 14.2 Å². The average Bonchev–Trinajstić information content (AvgIpc) is 3.57. The molecule has 9 heteroatoms. The zero-order valence-electron chi connectivity index (χ0n) is 21.6. The van der Waals surface area contributed by atoms with Crippen molar-refractivity contribution in [1.29, 1.82) is 0 Å². The van der Waals surface area contributed by atoms with Crippen molar-refractivity contribution in [2.45, 2.75) is 12.8 Å². The summed E-state index contributed by atoms with van der Waals surface area (Å²) in [6, 6.07) is 15.5. The van der Waals surface area contributed by atoms with E-state index in [1.807, 2.05) is 60.5 Å². The van der Waals surface area contributed by atoms with E-state index >= 15 is 0 Å². The fraction of sp³-hybridized carbons (Fsp3) is 0.310. The molecule has 0 spiro atoms. The van der Waals surface area contributed by atoms with Crippen molar-refractivity contribution in [2.24, 2.45) is 16.9 Å². The second-order valence-corrected chi connectivity index (χ2v) is 9.60. The molecule has 0 radical (unpaired) electrons. The molecule has 6 rings (SSSR count). The maximum Gasteiger partial charge on any atom is 0.308 e. The molecule has 38 heavy (non-hydrogen) atoms. The van der Waals surface area contributed by atoms with Crippen LogP contribution in [0, 0.1) is 18.8 Å². The summed E-state index contributed by atoms with van der Waals surface area (Å²) in [5, 5.41) is 17.5. The second-order valence-electron chi connectivity index (χ2n) is 9.60. The number of aliphatic carboxylic acids is 1. The van der Waals surface area contributed by atoms with Crippen LogP contribution >= 0.6 is 0 Å². The van der Waals surface area contributed by atoms with Gasteiger partial charge in [-0.1, -0.05) is 17.7 Å². The molecule has 0 saturated carbocycles. The van der Waals surface area contributed by atoms with E-state index in [4.69, 9.17) is 28.8 Å². The molecule has 3 aliphatic rings. The quantitative estimate of drug-likeness (QED) is 0.514. The zero-order chi connectivity index (χ0) is 26.6. The molecule has 196 valence electrons. The van der Waals surface area contributed by atoms with E-state index < -0.39 is 17.8 Å². The van der Waals surface area contributed by atoms with Crippen LogP contribution in [0.4, 0.5) is 5.69 Å². The maximum absolute atomic E-state index is 13.0. The molecule has 2 aliphatic heterocycles. The van der Waals surface area contributed by atoms with Crippen molar-refractivity contribution < 1.29 is 33.6 Å². The van der Waals surface area contributed by atoms with Crippen molar-refractivity contribution in [3.05, 3.63) is 70.8 Å². The van der Waals surface area contributed by atoms with Gasteiger partial charge in [0.05, 0.1) is 45.2 Å². The van der Waals surface area contributed by atoms with Gasteiger partial charge in [0.1, 0.15) is 0 Å². The Kier molecular flexibility index (Phi) is 5.78. The summed E-state index contributed by atoms with van der Waals surface area (Å²) in [6.45, 7) is 2.58. The molecule has 9 nitrogen and oxygen atoms in total. The maximum atomic E-state index is 13.0. The van der Waals surface area contributed by atoms with Crippen molar-refractivity contribution >= 4 is 17.4 Å². The summed E-state index contributed by atoms with van der Waals surface area (Å²) in [6.07, 6.45) is 0. The van der Waals surface area contributed by atoms with E-state index in [2.05, 4.69) is 0 Å².